The summed E-state index contributed by atoms with van der Waals surface area (Å²) in [6.07, 6.45) is 0. The van der Waals surface area contributed by atoms with E-state index in [0.717, 1.165) is 32.6 Å². The number of hydrogen-bond acceptors (Lipinski definition) is 2. The molecule has 0 spiro atoms. The molecule has 0 unspecified atom stereocenters. The molecule has 1 heterocycles. The summed E-state index contributed by atoms with van der Waals surface area (Å²) in [5, 5.41) is 3.11. The summed E-state index contributed by atoms with van der Waals surface area (Å²) >= 11 is 3.51. The minimum absolute atomic E-state index is 0.902. The van der Waals surface area contributed by atoms with Crippen molar-refractivity contribution in [3.63, 3.8) is 0 Å². The fourth-order valence-corrected chi connectivity index (χ4v) is 2.75. The Balaban J connectivity index is 2.12. The van der Waals surface area contributed by atoms with E-state index >= 15 is 0 Å². The number of H-pyrrole nitrogens is 1. The summed E-state index contributed by atoms with van der Waals surface area (Å²) in [4.78, 5) is 8.05. The molecule has 0 amide bonds. The van der Waals surface area contributed by atoms with Crippen LogP contribution in [0.3, 0.4) is 0 Å². The lowest BCUT2D eigenvalue weighted by atomic mass is 10.2. The van der Waals surface area contributed by atoms with Crippen molar-refractivity contribution >= 4 is 32.7 Å². The van der Waals surface area contributed by atoms with E-state index in [2.05, 4.69) is 62.4 Å². The van der Waals surface area contributed by atoms with Crippen molar-refractivity contribution in [2.24, 2.45) is 0 Å². The van der Waals surface area contributed by atoms with E-state index in [1.54, 1.807) is 0 Å². The topological polar surface area (TPSA) is 40.7 Å². The molecule has 0 fully saturated rings. The number of benzene rings is 2. The maximum absolute atomic E-state index is 4.68. The fourth-order valence-electron chi connectivity index (χ4n) is 2.18. The Labute approximate surface area is 120 Å². The number of aromatic nitrogens is 2. The Hall–Kier alpha value is -1.81. The molecule has 3 rings (SSSR count). The van der Waals surface area contributed by atoms with Gasteiger partial charge in [-0.2, -0.15) is 0 Å². The molecule has 19 heavy (non-hydrogen) atoms. The second-order valence-electron chi connectivity index (χ2n) is 4.53. The highest BCUT2D eigenvalue weighted by Crippen LogP contribution is 2.26. The first-order valence-corrected chi connectivity index (χ1v) is 6.91. The quantitative estimate of drug-likeness (QED) is 0.738. The normalized spacial score (nSPS) is 10.9. The third kappa shape index (κ3) is 2.24. The van der Waals surface area contributed by atoms with E-state index in [-0.39, 0.29) is 0 Å². The van der Waals surface area contributed by atoms with Crippen LogP contribution in [0.1, 0.15) is 5.56 Å². The lowest BCUT2D eigenvalue weighted by molar-refractivity contribution is 1.33. The van der Waals surface area contributed by atoms with Gasteiger partial charge < -0.3 is 10.3 Å². The number of nitrogens with zero attached hydrogens (tertiary/aromatic N) is 1. The average Bonchev–Trinajstić information content (AvgIpc) is 2.83. The molecule has 2 N–H and O–H groups in total. The molecule has 0 aliphatic carbocycles. The van der Waals surface area contributed by atoms with Gasteiger partial charge in [0.1, 0.15) is 5.82 Å². The summed E-state index contributed by atoms with van der Waals surface area (Å²) in [7, 11) is 1.91. The number of nitrogens with one attached hydrogen (secondary N) is 2. The van der Waals surface area contributed by atoms with Crippen LogP contribution in [-0.4, -0.2) is 17.0 Å². The van der Waals surface area contributed by atoms with Crippen LogP contribution in [0.5, 0.6) is 0 Å². The summed E-state index contributed by atoms with van der Waals surface area (Å²) in [5.41, 5.74) is 5.43. The standard InChI is InChI=1S/C15H14BrN3/c1-9-7-11(16)8-13-14(9)19-15(18-13)10-3-5-12(17-2)6-4-10/h3-8,17H,1-2H3,(H,18,19). The summed E-state index contributed by atoms with van der Waals surface area (Å²) in [5.74, 6) is 0.902. The van der Waals surface area contributed by atoms with Crippen molar-refractivity contribution in [1.82, 2.24) is 9.97 Å². The third-order valence-electron chi connectivity index (χ3n) is 3.19. The van der Waals surface area contributed by atoms with Crippen LogP contribution >= 0.6 is 15.9 Å². The smallest absolute Gasteiger partial charge is 0.138 e. The SMILES string of the molecule is CNc1ccc(-c2nc3c(C)cc(Br)cc3[nH]2)cc1. The van der Waals surface area contributed by atoms with Crippen molar-refractivity contribution in [3.8, 4) is 11.4 Å². The first kappa shape index (κ1) is 12.2. The summed E-state index contributed by atoms with van der Waals surface area (Å²) in [6.45, 7) is 2.07. The molecule has 0 aliphatic rings. The molecular formula is C15H14BrN3. The minimum Gasteiger partial charge on any atom is -0.388 e. The molecule has 1 aromatic heterocycles. The van der Waals surface area contributed by atoms with Gasteiger partial charge in [0.15, 0.2) is 0 Å². The monoisotopic (exact) mass is 315 g/mol. The maximum Gasteiger partial charge on any atom is 0.138 e. The molecule has 0 atom stereocenters. The van der Waals surface area contributed by atoms with Gasteiger partial charge in [-0.3, -0.25) is 0 Å². The van der Waals surface area contributed by atoms with Crippen molar-refractivity contribution in [3.05, 3.63) is 46.4 Å². The Morgan fingerprint density at radius 2 is 1.89 bits per heavy atom. The molecule has 0 radical (unpaired) electrons. The molecule has 3 nitrogen and oxygen atoms in total. The van der Waals surface area contributed by atoms with Crippen LogP contribution in [0.4, 0.5) is 5.69 Å². The van der Waals surface area contributed by atoms with Crippen LogP contribution < -0.4 is 5.32 Å². The lowest BCUT2D eigenvalue weighted by Crippen LogP contribution is -1.87. The van der Waals surface area contributed by atoms with E-state index in [1.165, 1.54) is 5.56 Å². The zero-order chi connectivity index (χ0) is 13.4. The number of halogens is 1. The second-order valence-corrected chi connectivity index (χ2v) is 5.45. The van der Waals surface area contributed by atoms with Gasteiger partial charge in [0.05, 0.1) is 11.0 Å². The van der Waals surface area contributed by atoms with Gasteiger partial charge in [-0.05, 0) is 48.9 Å². The highest BCUT2D eigenvalue weighted by Gasteiger charge is 2.08. The second kappa shape index (κ2) is 4.70. The number of imidazole rings is 1. The van der Waals surface area contributed by atoms with E-state index < -0.39 is 0 Å². The van der Waals surface area contributed by atoms with Crippen LogP contribution in [-0.2, 0) is 0 Å². The molecule has 96 valence electrons. The van der Waals surface area contributed by atoms with Crippen LogP contribution in [0.2, 0.25) is 0 Å². The van der Waals surface area contributed by atoms with E-state index in [9.17, 15) is 0 Å². The predicted octanol–water partition coefficient (Wildman–Crippen LogP) is 4.34. The Kier molecular flexibility index (Phi) is 3.03. The number of rotatable bonds is 2. The van der Waals surface area contributed by atoms with Gasteiger partial charge in [-0.15, -0.1) is 0 Å². The van der Waals surface area contributed by atoms with E-state index in [4.69, 9.17) is 0 Å². The predicted molar refractivity (Wildman–Crippen MR) is 83.5 cm³/mol. The average molecular weight is 316 g/mol. The lowest BCUT2D eigenvalue weighted by Gasteiger charge is -2.00. The van der Waals surface area contributed by atoms with E-state index in [0.29, 0.717) is 0 Å². The van der Waals surface area contributed by atoms with Gasteiger partial charge in [0.2, 0.25) is 0 Å². The van der Waals surface area contributed by atoms with Gasteiger partial charge in [-0.25, -0.2) is 4.98 Å². The van der Waals surface area contributed by atoms with Crippen molar-refractivity contribution in [2.45, 2.75) is 6.92 Å². The molecule has 0 bridgehead atoms. The molecule has 2 aromatic carbocycles. The van der Waals surface area contributed by atoms with Crippen LogP contribution in [0, 0.1) is 6.92 Å². The third-order valence-corrected chi connectivity index (χ3v) is 3.65. The van der Waals surface area contributed by atoms with Crippen LogP contribution in [0.25, 0.3) is 22.4 Å². The van der Waals surface area contributed by atoms with Gasteiger partial charge in [0.25, 0.3) is 0 Å². The zero-order valence-electron chi connectivity index (χ0n) is 10.8. The molecule has 0 aliphatic heterocycles. The molecule has 4 heteroatoms. The van der Waals surface area contributed by atoms with Gasteiger partial charge >= 0.3 is 0 Å². The summed E-state index contributed by atoms with van der Waals surface area (Å²) in [6, 6.07) is 12.4. The maximum atomic E-state index is 4.68. The highest BCUT2D eigenvalue weighted by atomic mass is 79.9. The molecule has 0 saturated heterocycles. The van der Waals surface area contributed by atoms with Gasteiger partial charge in [-0.1, -0.05) is 15.9 Å². The largest absolute Gasteiger partial charge is 0.388 e. The highest BCUT2D eigenvalue weighted by molar-refractivity contribution is 9.10. The summed E-state index contributed by atoms with van der Waals surface area (Å²) < 4.78 is 1.07. The number of hydrogen-bond donors (Lipinski definition) is 2. The van der Waals surface area contributed by atoms with Crippen LogP contribution in [0.15, 0.2) is 40.9 Å². The first-order valence-electron chi connectivity index (χ1n) is 6.11. The van der Waals surface area contributed by atoms with E-state index in [1.807, 2.05) is 19.2 Å². The van der Waals surface area contributed by atoms with Gasteiger partial charge in [0, 0.05) is 22.8 Å². The number of aryl methyl sites for hydroxylation is 1. The van der Waals surface area contributed by atoms with Crippen molar-refractivity contribution in [2.75, 3.05) is 12.4 Å². The Bertz CT molecular complexity index is 729. The molecule has 0 saturated carbocycles. The molecular weight excluding hydrogens is 302 g/mol. The number of anilines is 1. The zero-order valence-corrected chi connectivity index (χ0v) is 12.4. The fraction of sp³-hybridized carbons (Fsp3) is 0.133. The number of fused-ring (bicyclic) bond motifs is 1. The van der Waals surface area contributed by atoms with Crippen molar-refractivity contribution < 1.29 is 0 Å². The Morgan fingerprint density at radius 1 is 1.16 bits per heavy atom. The van der Waals surface area contributed by atoms with Crippen molar-refractivity contribution in [1.29, 1.82) is 0 Å². The molecule has 3 aromatic rings. The minimum atomic E-state index is 0.902. The number of aromatic amines is 1. The Morgan fingerprint density at radius 3 is 2.58 bits per heavy atom. The first-order chi connectivity index (χ1) is 9.17.